The Kier molecular flexibility index (Phi) is 16.0. The lowest BCUT2D eigenvalue weighted by atomic mass is 10.0. The van der Waals surface area contributed by atoms with Crippen molar-refractivity contribution in [3.05, 3.63) is 83.9 Å². The Bertz CT molecular complexity index is 1360. The number of nitrogens with zero attached hydrogens (tertiary/aromatic N) is 1. The Balaban J connectivity index is 1.70. The van der Waals surface area contributed by atoms with E-state index in [-0.39, 0.29) is 30.9 Å². The normalized spacial score (nSPS) is 12.8. The number of carbonyl (C=O) groups is 4. The van der Waals surface area contributed by atoms with Crippen molar-refractivity contribution in [2.24, 2.45) is 0 Å². The number of esters is 1. The number of unbranched alkanes of at least 4 members (excludes halogenated alkanes) is 7. The molecule has 0 aliphatic heterocycles. The quantitative estimate of drug-likeness (QED) is 0.0850. The van der Waals surface area contributed by atoms with Crippen LogP contribution in [0.5, 0.6) is 5.75 Å². The van der Waals surface area contributed by atoms with Gasteiger partial charge in [0.2, 0.25) is 17.7 Å². The van der Waals surface area contributed by atoms with E-state index in [9.17, 15) is 24.3 Å². The van der Waals surface area contributed by atoms with Gasteiger partial charge in [0.25, 0.3) is 0 Å². The zero-order chi connectivity index (χ0) is 33.9. The fourth-order valence-electron chi connectivity index (χ4n) is 5.32. The Morgan fingerprint density at radius 2 is 1.32 bits per heavy atom. The zero-order valence-electron chi connectivity index (χ0n) is 27.5. The van der Waals surface area contributed by atoms with Gasteiger partial charge in [-0.25, -0.2) is 9.78 Å². The van der Waals surface area contributed by atoms with Gasteiger partial charge in [-0.15, -0.1) is 0 Å². The number of imidazole rings is 1. The van der Waals surface area contributed by atoms with Crippen LogP contribution in [0.4, 0.5) is 0 Å². The van der Waals surface area contributed by atoms with Crippen LogP contribution in [0.25, 0.3) is 0 Å². The van der Waals surface area contributed by atoms with E-state index >= 15 is 0 Å². The largest absolute Gasteiger partial charge is 0.508 e. The predicted molar refractivity (Wildman–Crippen MR) is 179 cm³/mol. The SMILES string of the molecule is CCCCCCCCCCC(=O)N[C@@H](Cc1cnc[nH]1)C(=O)N[C@@H](Cc1ccccc1)C(=O)N[C@@H](Cc1ccc(O)cc1)C(=O)OC. The molecule has 0 radical (unpaired) electrons. The monoisotopic (exact) mass is 647 g/mol. The molecule has 3 amide bonds. The van der Waals surface area contributed by atoms with Gasteiger partial charge in [0.05, 0.1) is 13.4 Å². The average Bonchev–Trinajstić information content (AvgIpc) is 3.59. The number of hydrogen-bond acceptors (Lipinski definition) is 7. The van der Waals surface area contributed by atoms with Crippen molar-refractivity contribution in [3.63, 3.8) is 0 Å². The van der Waals surface area contributed by atoms with Crippen molar-refractivity contribution >= 4 is 23.7 Å². The Hall–Kier alpha value is -4.67. The van der Waals surface area contributed by atoms with Crippen molar-refractivity contribution in [1.82, 2.24) is 25.9 Å². The maximum atomic E-state index is 13.8. The van der Waals surface area contributed by atoms with Crippen LogP contribution < -0.4 is 16.0 Å². The number of rotatable bonds is 21. The number of aromatic amines is 1. The first-order valence-corrected chi connectivity index (χ1v) is 16.6. The summed E-state index contributed by atoms with van der Waals surface area (Å²) in [5.74, 6) is -1.93. The molecule has 0 saturated heterocycles. The Morgan fingerprint density at radius 3 is 1.94 bits per heavy atom. The summed E-state index contributed by atoms with van der Waals surface area (Å²) in [6, 6.07) is 12.4. The molecule has 11 nitrogen and oxygen atoms in total. The number of nitrogens with one attached hydrogen (secondary N) is 4. The van der Waals surface area contributed by atoms with E-state index in [1.54, 1.807) is 18.3 Å². The van der Waals surface area contributed by atoms with E-state index in [4.69, 9.17) is 4.74 Å². The third-order valence-electron chi connectivity index (χ3n) is 7.98. The summed E-state index contributed by atoms with van der Waals surface area (Å²) in [6.45, 7) is 2.19. The molecular formula is C36H49N5O6. The lowest BCUT2D eigenvalue weighted by Crippen LogP contribution is -2.57. The number of aromatic nitrogens is 2. The van der Waals surface area contributed by atoms with Gasteiger partial charge in [-0.2, -0.15) is 0 Å². The third-order valence-corrected chi connectivity index (χ3v) is 7.98. The molecule has 254 valence electrons. The molecular weight excluding hydrogens is 598 g/mol. The lowest BCUT2D eigenvalue weighted by Gasteiger charge is -2.25. The summed E-state index contributed by atoms with van der Waals surface area (Å²) in [6.07, 6.45) is 12.6. The highest BCUT2D eigenvalue weighted by Crippen LogP contribution is 2.13. The highest BCUT2D eigenvalue weighted by molar-refractivity contribution is 5.94. The first-order valence-electron chi connectivity index (χ1n) is 16.6. The van der Waals surface area contributed by atoms with E-state index in [1.165, 1.54) is 51.3 Å². The molecule has 0 aliphatic rings. The van der Waals surface area contributed by atoms with Crippen LogP contribution in [0.2, 0.25) is 0 Å². The van der Waals surface area contributed by atoms with Crippen LogP contribution in [-0.2, 0) is 43.2 Å². The van der Waals surface area contributed by atoms with Crippen LogP contribution in [0, 0.1) is 0 Å². The maximum absolute atomic E-state index is 13.8. The minimum atomic E-state index is -1.06. The maximum Gasteiger partial charge on any atom is 0.328 e. The fraction of sp³-hybridized carbons (Fsp3) is 0.472. The summed E-state index contributed by atoms with van der Waals surface area (Å²) in [4.78, 5) is 60.1. The van der Waals surface area contributed by atoms with Crippen LogP contribution in [0.3, 0.4) is 0 Å². The van der Waals surface area contributed by atoms with Gasteiger partial charge in [-0.1, -0.05) is 94.3 Å². The van der Waals surface area contributed by atoms with E-state index in [0.717, 1.165) is 31.2 Å². The summed E-state index contributed by atoms with van der Waals surface area (Å²) in [5.41, 5.74) is 2.15. The molecule has 3 aromatic rings. The van der Waals surface area contributed by atoms with Crippen molar-refractivity contribution in [2.75, 3.05) is 7.11 Å². The first kappa shape index (κ1) is 36.8. The molecule has 0 bridgehead atoms. The molecule has 0 unspecified atom stereocenters. The molecule has 47 heavy (non-hydrogen) atoms. The number of benzene rings is 2. The minimum Gasteiger partial charge on any atom is -0.508 e. The van der Waals surface area contributed by atoms with Crippen molar-refractivity contribution in [2.45, 2.75) is 102 Å². The number of H-pyrrole nitrogens is 1. The van der Waals surface area contributed by atoms with Gasteiger partial charge in [0.1, 0.15) is 23.9 Å². The fourth-order valence-corrected chi connectivity index (χ4v) is 5.32. The van der Waals surface area contributed by atoms with Crippen LogP contribution >= 0.6 is 0 Å². The third kappa shape index (κ3) is 13.7. The number of aromatic hydroxyl groups is 1. The molecule has 5 N–H and O–H groups in total. The predicted octanol–water partition coefficient (Wildman–Crippen LogP) is 4.30. The summed E-state index contributed by atoms with van der Waals surface area (Å²) in [7, 11) is 1.23. The van der Waals surface area contributed by atoms with Gasteiger partial charge in [0, 0.05) is 37.6 Å². The molecule has 1 aromatic heterocycles. The number of carbonyl (C=O) groups excluding carboxylic acids is 4. The minimum absolute atomic E-state index is 0.0765. The molecule has 3 rings (SSSR count). The summed E-state index contributed by atoms with van der Waals surface area (Å²) >= 11 is 0. The van der Waals surface area contributed by atoms with Gasteiger partial charge in [-0.05, 0) is 29.7 Å². The van der Waals surface area contributed by atoms with Gasteiger partial charge in [-0.3, -0.25) is 14.4 Å². The summed E-state index contributed by atoms with van der Waals surface area (Å²) in [5, 5.41) is 18.1. The van der Waals surface area contributed by atoms with E-state index in [2.05, 4.69) is 32.8 Å². The number of hydrogen-bond donors (Lipinski definition) is 5. The Morgan fingerprint density at radius 1 is 0.745 bits per heavy atom. The molecule has 2 aromatic carbocycles. The standard InChI is InChI=1S/C36H49N5O6/c1-3-4-5-6-7-8-9-13-16-33(43)39-31(23-28-24-37-25-38-28)35(45)40-30(21-26-14-11-10-12-15-26)34(44)41-32(36(46)47-2)22-27-17-19-29(42)20-18-27/h10-12,14-15,17-20,24-25,30-32,42H,3-9,13,16,21-23H2,1-2H3,(H,37,38)(H,39,43)(H,40,45)(H,41,44)/t30-,31-,32-/m0/s1. The zero-order valence-corrected chi connectivity index (χ0v) is 27.5. The van der Waals surface area contributed by atoms with Crippen LogP contribution in [0.15, 0.2) is 67.1 Å². The number of methoxy groups -OCH3 is 1. The second kappa shape index (κ2) is 20.5. The van der Waals surface area contributed by atoms with Gasteiger partial charge < -0.3 is 30.8 Å². The average molecular weight is 648 g/mol. The molecule has 0 aliphatic carbocycles. The summed E-state index contributed by atoms with van der Waals surface area (Å²) < 4.78 is 4.95. The van der Waals surface area contributed by atoms with Gasteiger partial charge in [0.15, 0.2) is 0 Å². The Labute approximate surface area is 277 Å². The highest BCUT2D eigenvalue weighted by Gasteiger charge is 2.30. The highest BCUT2D eigenvalue weighted by atomic mass is 16.5. The second-order valence-corrected chi connectivity index (χ2v) is 11.8. The number of phenolic OH excluding ortho intramolecular Hbond substituents is 1. The number of amides is 3. The molecule has 11 heteroatoms. The van der Waals surface area contributed by atoms with E-state index in [1.807, 2.05) is 30.3 Å². The van der Waals surface area contributed by atoms with Crippen molar-refractivity contribution in [3.8, 4) is 5.75 Å². The number of phenols is 1. The molecule has 0 saturated carbocycles. The topological polar surface area (TPSA) is 163 Å². The smallest absolute Gasteiger partial charge is 0.328 e. The molecule has 0 fully saturated rings. The van der Waals surface area contributed by atoms with Crippen molar-refractivity contribution < 1.29 is 29.0 Å². The van der Waals surface area contributed by atoms with Crippen LogP contribution in [-0.4, -0.2) is 64.0 Å². The first-order chi connectivity index (χ1) is 22.8. The van der Waals surface area contributed by atoms with Crippen LogP contribution in [0.1, 0.15) is 81.5 Å². The van der Waals surface area contributed by atoms with E-state index < -0.39 is 35.9 Å². The van der Waals surface area contributed by atoms with Crippen molar-refractivity contribution in [1.29, 1.82) is 0 Å². The molecule has 3 atom stereocenters. The van der Waals surface area contributed by atoms with Gasteiger partial charge >= 0.3 is 5.97 Å². The van der Waals surface area contributed by atoms with E-state index in [0.29, 0.717) is 17.7 Å². The second-order valence-electron chi connectivity index (χ2n) is 11.8. The lowest BCUT2D eigenvalue weighted by molar-refractivity contribution is -0.145. The number of ether oxygens (including phenoxy) is 1. The molecule has 0 spiro atoms. The molecule has 1 heterocycles.